The average Bonchev–Trinajstić information content (AvgIpc) is 3.57. The number of aliphatic hydroxyl groups excluding tert-OH is 1. The fourth-order valence-corrected chi connectivity index (χ4v) is 8.21. The van der Waals surface area contributed by atoms with E-state index in [2.05, 4.69) is 120 Å². The molecule has 1 heterocycles. The largest absolute Gasteiger partial charge is 0.489 e. The van der Waals surface area contributed by atoms with E-state index in [9.17, 15) is 0 Å². The molecule has 12 nitrogen and oxygen atoms in total. The molecule has 1 aliphatic carbocycles. The fraction of sp³-hybridized carbons (Fsp3) is 0.462. The third-order valence-electron chi connectivity index (χ3n) is 11.8. The second-order valence-electron chi connectivity index (χ2n) is 17.2. The third-order valence-corrected chi connectivity index (χ3v) is 11.8. The third kappa shape index (κ3) is 11.9. The van der Waals surface area contributed by atoms with Gasteiger partial charge in [-0.1, -0.05) is 54.1 Å². The molecule has 1 N–H and O–H groups in total. The van der Waals surface area contributed by atoms with Gasteiger partial charge >= 0.3 is 0 Å². The number of anilines is 1. The Bertz CT molecular complexity index is 2250. The molecule has 344 valence electrons. The minimum absolute atomic E-state index is 0.00358. The molecular formula is C52H69N4O8+. The molecule has 1 aromatic heterocycles. The number of aromatic nitrogens is 2. The Balaban J connectivity index is 1.45. The van der Waals surface area contributed by atoms with Crippen LogP contribution in [0.15, 0.2) is 85.2 Å². The van der Waals surface area contributed by atoms with Crippen molar-refractivity contribution in [3.05, 3.63) is 130 Å². The zero-order valence-corrected chi connectivity index (χ0v) is 39.3. The number of rotatable bonds is 27. The van der Waals surface area contributed by atoms with Crippen LogP contribution < -0.4 is 9.64 Å². The molecule has 64 heavy (non-hydrogen) atoms. The van der Waals surface area contributed by atoms with Gasteiger partial charge in [0.25, 0.3) is 0 Å². The highest BCUT2D eigenvalue weighted by molar-refractivity contribution is 5.88. The average molecular weight is 878 g/mol. The van der Waals surface area contributed by atoms with E-state index in [1.165, 1.54) is 38.9 Å². The van der Waals surface area contributed by atoms with Crippen LogP contribution in [-0.4, -0.2) is 141 Å². The van der Waals surface area contributed by atoms with E-state index >= 15 is 0 Å². The Morgan fingerprint density at radius 3 is 1.88 bits per heavy atom. The summed E-state index contributed by atoms with van der Waals surface area (Å²) in [6, 6.07) is 27.2. The highest BCUT2D eigenvalue weighted by Crippen LogP contribution is 2.58. The summed E-state index contributed by atoms with van der Waals surface area (Å²) in [4.78, 5) is 11.7. The summed E-state index contributed by atoms with van der Waals surface area (Å²) in [5.74, 6) is 1.47. The van der Waals surface area contributed by atoms with E-state index in [0.717, 1.165) is 51.3 Å². The maximum absolute atomic E-state index is 8.97. The van der Waals surface area contributed by atoms with Gasteiger partial charge in [-0.3, -0.25) is 0 Å². The predicted octanol–water partition coefficient (Wildman–Crippen LogP) is 7.39. The number of aryl methyl sites for hydroxylation is 2. The Morgan fingerprint density at radius 1 is 0.625 bits per heavy atom. The second kappa shape index (κ2) is 23.4. The van der Waals surface area contributed by atoms with Crippen molar-refractivity contribution < 1.29 is 42.7 Å². The van der Waals surface area contributed by atoms with E-state index in [1.807, 2.05) is 19.3 Å². The molecule has 0 spiro atoms. The number of hydrogen-bond acceptors (Lipinski definition) is 11. The first-order chi connectivity index (χ1) is 31.0. The smallest absolute Gasteiger partial charge is 0.159 e. The lowest BCUT2D eigenvalue weighted by molar-refractivity contribution is -0.901. The zero-order chi connectivity index (χ0) is 45.5. The SMILES string of the molecule is CC[N+](C)(C)Cc1cc(C2(c3ccc(OCCOCCOCCOC)c(N(C)C)c3)c3cc(C)ccc3-c3ccc(-c4ncc(C)cn4)cc32)ccc1COCCOCCOCCO. The first-order valence-electron chi connectivity index (χ1n) is 22.4. The van der Waals surface area contributed by atoms with Gasteiger partial charge in [0.1, 0.15) is 18.9 Å². The van der Waals surface area contributed by atoms with Gasteiger partial charge in [-0.2, -0.15) is 0 Å². The van der Waals surface area contributed by atoms with Crippen molar-refractivity contribution in [1.29, 1.82) is 0 Å². The van der Waals surface area contributed by atoms with Crippen LogP contribution in [-0.2, 0) is 47.0 Å². The number of aliphatic hydroxyl groups is 1. The van der Waals surface area contributed by atoms with Gasteiger partial charge in [0.2, 0.25) is 0 Å². The molecule has 0 fully saturated rings. The van der Waals surface area contributed by atoms with E-state index in [1.54, 1.807) is 7.11 Å². The molecule has 0 saturated heterocycles. The Labute approximate surface area is 380 Å². The van der Waals surface area contributed by atoms with Gasteiger partial charge in [0.15, 0.2) is 5.82 Å². The highest BCUT2D eigenvalue weighted by atomic mass is 16.6. The summed E-state index contributed by atoms with van der Waals surface area (Å²) in [5, 5.41) is 8.97. The highest BCUT2D eigenvalue weighted by Gasteiger charge is 2.47. The number of ether oxygens (including phenoxy) is 7. The van der Waals surface area contributed by atoms with Crippen LogP contribution >= 0.6 is 0 Å². The van der Waals surface area contributed by atoms with Gasteiger partial charge in [-0.25, -0.2) is 9.97 Å². The zero-order valence-electron chi connectivity index (χ0n) is 39.3. The molecule has 1 atom stereocenters. The molecule has 6 rings (SSSR count). The van der Waals surface area contributed by atoms with Gasteiger partial charge in [-0.05, 0) is 89.5 Å². The van der Waals surface area contributed by atoms with Crippen molar-refractivity contribution in [2.24, 2.45) is 0 Å². The minimum Gasteiger partial charge on any atom is -0.489 e. The lowest BCUT2D eigenvalue weighted by Crippen LogP contribution is -2.38. The summed E-state index contributed by atoms with van der Waals surface area (Å²) < 4.78 is 41.0. The van der Waals surface area contributed by atoms with Crippen molar-refractivity contribution in [3.63, 3.8) is 0 Å². The van der Waals surface area contributed by atoms with Crippen LogP contribution in [0.1, 0.15) is 51.4 Å². The van der Waals surface area contributed by atoms with E-state index < -0.39 is 5.41 Å². The fourth-order valence-electron chi connectivity index (χ4n) is 8.21. The van der Waals surface area contributed by atoms with Gasteiger partial charge in [0.05, 0.1) is 111 Å². The molecule has 1 aliphatic rings. The maximum atomic E-state index is 8.97. The number of nitrogens with zero attached hydrogens (tertiary/aromatic N) is 4. The monoisotopic (exact) mass is 878 g/mol. The molecule has 0 radical (unpaired) electrons. The van der Waals surface area contributed by atoms with Crippen LogP contribution in [0.2, 0.25) is 0 Å². The van der Waals surface area contributed by atoms with E-state index in [-0.39, 0.29) is 6.61 Å². The Morgan fingerprint density at radius 2 is 1.22 bits per heavy atom. The normalized spacial score (nSPS) is 14.5. The Hall–Kier alpha value is -4.76. The molecule has 0 bridgehead atoms. The van der Waals surface area contributed by atoms with Crippen LogP contribution in [0.3, 0.4) is 0 Å². The Kier molecular flexibility index (Phi) is 17.8. The second-order valence-corrected chi connectivity index (χ2v) is 17.2. The predicted molar refractivity (Wildman–Crippen MR) is 252 cm³/mol. The lowest BCUT2D eigenvalue weighted by atomic mass is 9.66. The van der Waals surface area contributed by atoms with Crippen LogP contribution in [0, 0.1) is 13.8 Å². The summed E-state index contributed by atoms with van der Waals surface area (Å²) >= 11 is 0. The van der Waals surface area contributed by atoms with Crippen LogP contribution in [0.4, 0.5) is 5.69 Å². The number of fused-ring (bicyclic) bond motifs is 3. The molecule has 0 amide bonds. The van der Waals surface area contributed by atoms with Crippen molar-refractivity contribution >= 4 is 5.69 Å². The quantitative estimate of drug-likeness (QED) is 0.0413. The lowest BCUT2D eigenvalue weighted by Gasteiger charge is -2.36. The van der Waals surface area contributed by atoms with Crippen molar-refractivity contribution in [3.8, 4) is 28.3 Å². The molecule has 5 aromatic rings. The van der Waals surface area contributed by atoms with Crippen molar-refractivity contribution in [1.82, 2.24) is 9.97 Å². The summed E-state index contributed by atoms with van der Waals surface area (Å²) in [6.07, 6.45) is 3.76. The number of hydrogen-bond donors (Lipinski definition) is 1. The molecule has 0 aliphatic heterocycles. The molecule has 1 unspecified atom stereocenters. The van der Waals surface area contributed by atoms with Gasteiger partial charge in [0, 0.05) is 44.7 Å². The van der Waals surface area contributed by atoms with Crippen molar-refractivity contribution in [2.45, 2.75) is 39.3 Å². The maximum Gasteiger partial charge on any atom is 0.159 e. The van der Waals surface area contributed by atoms with E-state index in [4.69, 9.17) is 48.2 Å². The first kappa shape index (κ1) is 48.7. The molecule has 4 aromatic carbocycles. The standard InChI is InChI=1S/C52H69N4O8/c1-9-56(6,7)36-42-31-43(13-11-41(42)37-63-27-26-61-23-22-59-19-18-57)52(44-14-17-50(49(33-44)55(4)5)64-29-28-62-25-24-60-21-20-58-8)47-30-38(2)10-15-45(47)46-16-12-40(32-48(46)52)51-53-34-39(3)35-54-51/h10-17,30-35,57H,9,18-29,36-37H2,1-8H3/q+1. The first-order valence-corrected chi connectivity index (χ1v) is 22.4. The van der Waals surface area contributed by atoms with Gasteiger partial charge in [-0.15, -0.1) is 0 Å². The number of quaternary nitrogens is 1. The summed E-state index contributed by atoms with van der Waals surface area (Å²) in [7, 11) is 10.3. The van der Waals surface area contributed by atoms with Gasteiger partial charge < -0.3 is 47.6 Å². The van der Waals surface area contributed by atoms with Crippen LogP contribution in [0.5, 0.6) is 5.75 Å². The molecule has 0 saturated carbocycles. The molecular weight excluding hydrogens is 809 g/mol. The number of benzene rings is 4. The van der Waals surface area contributed by atoms with E-state index in [0.29, 0.717) is 85.1 Å². The summed E-state index contributed by atoms with van der Waals surface area (Å²) in [5.41, 5.74) is 12.9. The topological polar surface area (TPSA) is 114 Å². The van der Waals surface area contributed by atoms with Crippen LogP contribution in [0.25, 0.3) is 22.5 Å². The number of methoxy groups -OCH3 is 1. The summed E-state index contributed by atoms with van der Waals surface area (Å²) in [6.45, 7) is 13.7. The van der Waals surface area contributed by atoms with Crippen molar-refractivity contribution in [2.75, 3.05) is 126 Å². The molecule has 12 heteroatoms. The minimum atomic E-state index is -0.726.